The maximum atomic E-state index is 13.7. The van der Waals surface area contributed by atoms with Crippen molar-refractivity contribution in [1.29, 1.82) is 5.41 Å². The smallest absolute Gasteiger partial charge is 0.320 e. The van der Waals surface area contributed by atoms with Gasteiger partial charge in [-0.15, -0.1) is 0 Å². The Kier molecular flexibility index (Phi) is 9.77. The summed E-state index contributed by atoms with van der Waals surface area (Å²) in [5.74, 6) is -2.16. The van der Waals surface area contributed by atoms with Crippen molar-refractivity contribution in [2.75, 3.05) is 20.1 Å². The number of hydrogen-bond acceptors (Lipinski definition) is 4. The molecule has 3 aromatic rings. The highest BCUT2D eigenvalue weighted by Crippen LogP contribution is 2.27. The summed E-state index contributed by atoms with van der Waals surface area (Å²) in [6.07, 6.45) is 1.47. The van der Waals surface area contributed by atoms with Crippen molar-refractivity contribution in [3.8, 4) is 0 Å². The van der Waals surface area contributed by atoms with Crippen LogP contribution in [0.1, 0.15) is 35.4 Å². The van der Waals surface area contributed by atoms with Gasteiger partial charge in [-0.25, -0.2) is 0 Å². The molecule has 0 aliphatic rings. The normalized spacial score (nSPS) is 11.9. The third kappa shape index (κ3) is 7.26. The number of carbonyl (C=O) groups is 2. The van der Waals surface area contributed by atoms with Gasteiger partial charge in [0.05, 0.1) is 5.92 Å². The highest BCUT2D eigenvalue weighted by atomic mass is 16.4. The summed E-state index contributed by atoms with van der Waals surface area (Å²) in [5.41, 5.74) is 8.61. The Morgan fingerprint density at radius 3 is 1.83 bits per heavy atom. The van der Waals surface area contributed by atoms with E-state index in [2.05, 4.69) is 0 Å². The van der Waals surface area contributed by atoms with Gasteiger partial charge >= 0.3 is 5.97 Å². The molecule has 3 rings (SSSR count). The molecule has 1 amide bonds. The maximum absolute atomic E-state index is 13.7. The first-order valence-corrected chi connectivity index (χ1v) is 12.1. The fourth-order valence-electron chi connectivity index (χ4n) is 4.35. The van der Waals surface area contributed by atoms with E-state index in [9.17, 15) is 14.7 Å². The third-order valence-corrected chi connectivity index (χ3v) is 6.34. The van der Waals surface area contributed by atoms with Gasteiger partial charge in [0, 0.05) is 13.1 Å². The van der Waals surface area contributed by atoms with Crippen LogP contribution in [0.3, 0.4) is 0 Å². The molecule has 0 aromatic heterocycles. The van der Waals surface area contributed by atoms with Gasteiger partial charge in [-0.05, 0) is 43.0 Å². The van der Waals surface area contributed by atoms with E-state index < -0.39 is 17.9 Å². The Bertz CT molecular complexity index is 1080. The zero-order chi connectivity index (χ0) is 25.9. The zero-order valence-electron chi connectivity index (χ0n) is 20.6. The van der Waals surface area contributed by atoms with Crippen LogP contribution in [0.2, 0.25) is 0 Å². The number of benzene rings is 3. The molecule has 0 bridgehead atoms. The molecular formula is C29H34N4O3. The molecule has 36 heavy (non-hydrogen) atoms. The lowest BCUT2D eigenvalue weighted by Gasteiger charge is -2.28. The second-order valence-electron chi connectivity index (χ2n) is 8.84. The minimum absolute atomic E-state index is 0.167. The lowest BCUT2D eigenvalue weighted by molar-refractivity contribution is -0.143. The summed E-state index contributed by atoms with van der Waals surface area (Å²) >= 11 is 0. The molecule has 4 N–H and O–H groups in total. The summed E-state index contributed by atoms with van der Waals surface area (Å²) in [6, 6.07) is 28.1. The summed E-state index contributed by atoms with van der Waals surface area (Å²) in [4.78, 5) is 28.7. The highest BCUT2D eigenvalue weighted by molar-refractivity contribution is 5.99. The Labute approximate surface area is 212 Å². The van der Waals surface area contributed by atoms with E-state index in [1.54, 1.807) is 7.05 Å². The fourth-order valence-corrected chi connectivity index (χ4v) is 4.35. The number of carboxylic acids is 1. The number of nitrogens with two attached hydrogens (primary N) is 1. The van der Waals surface area contributed by atoms with Gasteiger partial charge in [-0.1, -0.05) is 91.0 Å². The van der Waals surface area contributed by atoms with E-state index in [-0.39, 0.29) is 18.4 Å². The number of nitrogens with zero attached hydrogens (tertiary/aromatic N) is 2. The Balaban J connectivity index is 1.68. The largest absolute Gasteiger partial charge is 0.480 e. The Morgan fingerprint density at radius 2 is 1.36 bits per heavy atom. The topological polar surface area (TPSA) is 111 Å². The summed E-state index contributed by atoms with van der Waals surface area (Å²) in [6.45, 7) is 0.765. The molecule has 0 saturated heterocycles. The van der Waals surface area contributed by atoms with Crippen LogP contribution in [-0.2, 0) is 16.0 Å². The number of amides is 1. The molecule has 3 aromatic carbocycles. The number of likely N-dealkylation sites (N-methyl/N-ethyl adjacent to an activating group) is 1. The van der Waals surface area contributed by atoms with E-state index in [1.807, 2.05) is 95.9 Å². The first kappa shape index (κ1) is 26.6. The van der Waals surface area contributed by atoms with Crippen LogP contribution in [-0.4, -0.2) is 58.9 Å². The van der Waals surface area contributed by atoms with Gasteiger partial charge in [-0.2, -0.15) is 0 Å². The van der Waals surface area contributed by atoms with Crippen LogP contribution in [0, 0.1) is 5.41 Å². The van der Waals surface area contributed by atoms with Gasteiger partial charge in [0.15, 0.2) is 5.96 Å². The predicted octanol–water partition coefficient (Wildman–Crippen LogP) is 3.95. The Morgan fingerprint density at radius 1 is 0.861 bits per heavy atom. The zero-order valence-corrected chi connectivity index (χ0v) is 20.6. The molecular weight excluding hydrogens is 452 g/mol. The molecule has 0 unspecified atom stereocenters. The van der Waals surface area contributed by atoms with Crippen LogP contribution in [0.15, 0.2) is 91.0 Å². The quantitative estimate of drug-likeness (QED) is 0.265. The van der Waals surface area contributed by atoms with Crippen molar-refractivity contribution in [1.82, 2.24) is 9.80 Å². The minimum atomic E-state index is -0.905. The molecule has 0 heterocycles. The van der Waals surface area contributed by atoms with Crippen LogP contribution in [0.25, 0.3) is 0 Å². The van der Waals surface area contributed by atoms with Gasteiger partial charge < -0.3 is 10.8 Å². The Hall–Kier alpha value is -3.97. The van der Waals surface area contributed by atoms with E-state index in [0.29, 0.717) is 19.4 Å². The van der Waals surface area contributed by atoms with Crippen LogP contribution >= 0.6 is 0 Å². The predicted molar refractivity (Wildman–Crippen MR) is 142 cm³/mol. The van der Waals surface area contributed by atoms with E-state index in [1.165, 1.54) is 4.90 Å². The van der Waals surface area contributed by atoms with Gasteiger partial charge in [-0.3, -0.25) is 24.8 Å². The van der Waals surface area contributed by atoms with Crippen molar-refractivity contribution in [2.24, 2.45) is 5.73 Å². The average molecular weight is 487 g/mol. The number of rotatable bonds is 12. The monoisotopic (exact) mass is 486 g/mol. The molecule has 0 aliphatic carbocycles. The lowest BCUT2D eigenvalue weighted by atomic mass is 9.90. The maximum Gasteiger partial charge on any atom is 0.320 e. The van der Waals surface area contributed by atoms with Crippen molar-refractivity contribution in [2.45, 2.75) is 31.2 Å². The molecule has 7 heteroatoms. The molecule has 7 nitrogen and oxygen atoms in total. The van der Waals surface area contributed by atoms with E-state index in [4.69, 9.17) is 11.1 Å². The lowest BCUT2D eigenvalue weighted by Crippen LogP contribution is -2.45. The molecule has 0 saturated carbocycles. The van der Waals surface area contributed by atoms with Crippen molar-refractivity contribution >= 4 is 17.8 Å². The number of hydrogen-bond donors (Lipinski definition) is 3. The number of guanidine groups is 1. The minimum Gasteiger partial charge on any atom is -0.480 e. The van der Waals surface area contributed by atoms with Crippen molar-refractivity contribution < 1.29 is 14.7 Å². The number of carboxylic acid groups (broad SMARTS) is 1. The molecule has 0 spiro atoms. The first-order chi connectivity index (χ1) is 17.4. The van der Waals surface area contributed by atoms with Crippen molar-refractivity contribution in [3.63, 3.8) is 0 Å². The molecule has 188 valence electrons. The highest BCUT2D eigenvalue weighted by Gasteiger charge is 2.30. The third-order valence-electron chi connectivity index (χ3n) is 6.34. The number of aliphatic carboxylic acids is 1. The number of nitrogens with one attached hydrogen (secondary N) is 1. The summed E-state index contributed by atoms with van der Waals surface area (Å²) < 4.78 is 0. The van der Waals surface area contributed by atoms with Gasteiger partial charge in [0.1, 0.15) is 6.04 Å². The second kappa shape index (κ2) is 13.2. The SMILES string of the molecule is CN(CCc1ccccc1)[C@H](CCCN(C(=N)N)C(=O)C(c1ccccc1)c1ccccc1)C(=O)O. The molecule has 1 atom stereocenters. The van der Waals surface area contributed by atoms with Crippen LogP contribution in [0.5, 0.6) is 0 Å². The summed E-state index contributed by atoms with van der Waals surface area (Å²) in [7, 11) is 1.80. The summed E-state index contributed by atoms with van der Waals surface area (Å²) in [5, 5.41) is 17.9. The first-order valence-electron chi connectivity index (χ1n) is 12.1. The second-order valence-corrected chi connectivity index (χ2v) is 8.84. The van der Waals surface area contributed by atoms with Crippen molar-refractivity contribution in [3.05, 3.63) is 108 Å². The van der Waals surface area contributed by atoms with E-state index in [0.717, 1.165) is 23.1 Å². The molecule has 0 aliphatic heterocycles. The van der Waals surface area contributed by atoms with Gasteiger partial charge in [0.25, 0.3) is 0 Å². The number of carbonyl (C=O) groups excluding carboxylic acids is 1. The molecule has 0 radical (unpaired) electrons. The fraction of sp³-hybridized carbons (Fsp3) is 0.276. The van der Waals surface area contributed by atoms with E-state index >= 15 is 0 Å². The van der Waals surface area contributed by atoms with Crippen LogP contribution < -0.4 is 5.73 Å². The van der Waals surface area contributed by atoms with Crippen LogP contribution in [0.4, 0.5) is 0 Å². The molecule has 0 fully saturated rings. The average Bonchev–Trinajstić information content (AvgIpc) is 2.89. The van der Waals surface area contributed by atoms with Gasteiger partial charge in [0.2, 0.25) is 5.91 Å². The standard InChI is InChI=1S/C29H34N4O3/c1-32(21-19-22-12-5-2-6-13-22)25(28(35)36)18-11-20-33(29(30)31)27(34)26(23-14-7-3-8-15-23)24-16-9-4-10-17-24/h2-10,12-17,25-26H,11,18-21H2,1H3,(H3,30,31)(H,35,36)/t25-/m1/s1.